The molecule has 0 saturated heterocycles. The van der Waals surface area contributed by atoms with E-state index in [0.29, 0.717) is 17.2 Å². The van der Waals surface area contributed by atoms with Crippen LogP contribution in [0.1, 0.15) is 43.7 Å². The third-order valence-corrected chi connectivity index (χ3v) is 5.22. The van der Waals surface area contributed by atoms with Gasteiger partial charge in [-0.2, -0.15) is 13.2 Å². The van der Waals surface area contributed by atoms with Crippen LogP contribution in [0.15, 0.2) is 24.3 Å². The fourth-order valence-corrected chi connectivity index (χ4v) is 3.66. The zero-order chi connectivity index (χ0) is 16.9. The second-order valence-corrected chi connectivity index (χ2v) is 7.11. The number of carbonyl (C=O) groups is 1. The molecular weight excluding hydrogens is 323 g/mol. The summed E-state index contributed by atoms with van der Waals surface area (Å²) < 4.78 is 37.9. The number of carbonyl (C=O) groups excluding carboxylic acids is 1. The molecule has 0 aromatic heterocycles. The van der Waals surface area contributed by atoms with E-state index in [0.717, 1.165) is 31.4 Å². The van der Waals surface area contributed by atoms with E-state index in [4.69, 9.17) is 0 Å². The molecule has 1 amide bonds. The van der Waals surface area contributed by atoms with Crippen molar-refractivity contribution in [3.63, 3.8) is 0 Å². The number of hydrogen-bond acceptors (Lipinski definition) is 2. The van der Waals surface area contributed by atoms with E-state index >= 15 is 0 Å². The van der Waals surface area contributed by atoms with Gasteiger partial charge in [-0.15, -0.1) is 11.8 Å². The molecule has 128 valence electrons. The van der Waals surface area contributed by atoms with E-state index in [1.807, 2.05) is 0 Å². The predicted octanol–water partition coefficient (Wildman–Crippen LogP) is 4.63. The Morgan fingerprint density at radius 2 is 2.04 bits per heavy atom. The van der Waals surface area contributed by atoms with Crippen LogP contribution in [0.2, 0.25) is 0 Å². The molecule has 1 aliphatic rings. The summed E-state index contributed by atoms with van der Waals surface area (Å²) >= 11 is 1.34. The van der Waals surface area contributed by atoms with Gasteiger partial charge in [0.25, 0.3) is 0 Å². The Labute approximate surface area is 139 Å². The van der Waals surface area contributed by atoms with Gasteiger partial charge in [-0.25, -0.2) is 0 Å². The Kier molecular flexibility index (Phi) is 6.39. The highest BCUT2D eigenvalue weighted by atomic mass is 32.2. The van der Waals surface area contributed by atoms with Crippen molar-refractivity contribution >= 4 is 17.7 Å². The van der Waals surface area contributed by atoms with Crippen LogP contribution in [0.25, 0.3) is 0 Å². The number of amides is 1. The zero-order valence-corrected chi connectivity index (χ0v) is 14.0. The number of rotatable bonds is 5. The molecule has 2 rings (SSSR count). The number of alkyl halides is 3. The highest BCUT2D eigenvalue weighted by Crippen LogP contribution is 2.30. The summed E-state index contributed by atoms with van der Waals surface area (Å²) in [5, 5.41) is 3.05. The van der Waals surface area contributed by atoms with Gasteiger partial charge < -0.3 is 5.32 Å². The van der Waals surface area contributed by atoms with E-state index in [1.165, 1.54) is 24.2 Å². The summed E-state index contributed by atoms with van der Waals surface area (Å²) in [6.07, 6.45) is 0.202. The van der Waals surface area contributed by atoms with Gasteiger partial charge in [0.05, 0.1) is 11.3 Å². The molecule has 1 saturated carbocycles. The van der Waals surface area contributed by atoms with Gasteiger partial charge in [-0.1, -0.05) is 38.0 Å². The molecule has 1 aliphatic carbocycles. The molecule has 2 unspecified atom stereocenters. The van der Waals surface area contributed by atoms with E-state index in [1.54, 1.807) is 6.07 Å². The number of thioether (sulfide) groups is 1. The molecule has 0 radical (unpaired) electrons. The van der Waals surface area contributed by atoms with Crippen molar-refractivity contribution in [2.24, 2.45) is 5.92 Å². The third-order valence-electron chi connectivity index (χ3n) is 4.21. The first-order valence-corrected chi connectivity index (χ1v) is 9.05. The molecule has 0 heterocycles. The Hall–Kier alpha value is -1.17. The zero-order valence-electron chi connectivity index (χ0n) is 13.2. The molecule has 1 fully saturated rings. The van der Waals surface area contributed by atoms with Crippen molar-refractivity contribution in [2.45, 2.75) is 50.6 Å². The maximum absolute atomic E-state index is 12.6. The normalized spacial score (nSPS) is 21.9. The van der Waals surface area contributed by atoms with Crippen molar-refractivity contribution in [1.29, 1.82) is 0 Å². The summed E-state index contributed by atoms with van der Waals surface area (Å²) in [5.41, 5.74) is -0.0558. The summed E-state index contributed by atoms with van der Waals surface area (Å²) in [6, 6.07) is 5.51. The number of benzene rings is 1. The Morgan fingerprint density at radius 3 is 2.74 bits per heavy atom. The van der Waals surface area contributed by atoms with Crippen molar-refractivity contribution in [3.05, 3.63) is 35.4 Å². The summed E-state index contributed by atoms with van der Waals surface area (Å²) in [4.78, 5) is 12.0. The lowest BCUT2D eigenvalue weighted by Crippen LogP contribution is -2.41. The van der Waals surface area contributed by atoms with Crippen molar-refractivity contribution in [3.8, 4) is 0 Å². The largest absolute Gasteiger partial charge is 0.416 e. The Bertz CT molecular complexity index is 533. The van der Waals surface area contributed by atoms with Gasteiger partial charge in [-0.05, 0) is 30.4 Å². The lowest BCUT2D eigenvalue weighted by atomic mass is 9.86. The number of hydrogen-bond donors (Lipinski definition) is 1. The highest BCUT2D eigenvalue weighted by Gasteiger charge is 2.30. The lowest BCUT2D eigenvalue weighted by molar-refractivity contribution is -0.137. The fourth-order valence-electron chi connectivity index (χ4n) is 2.88. The second-order valence-electron chi connectivity index (χ2n) is 6.13. The minimum atomic E-state index is -4.32. The summed E-state index contributed by atoms with van der Waals surface area (Å²) in [7, 11) is 0. The quantitative estimate of drug-likeness (QED) is 0.843. The van der Waals surface area contributed by atoms with Crippen molar-refractivity contribution < 1.29 is 18.0 Å². The molecular formula is C17H22F3NOS. The van der Waals surface area contributed by atoms with E-state index in [2.05, 4.69) is 12.2 Å². The first-order valence-electron chi connectivity index (χ1n) is 7.89. The monoisotopic (exact) mass is 345 g/mol. The van der Waals surface area contributed by atoms with Gasteiger partial charge in [0.2, 0.25) is 5.91 Å². The fraction of sp³-hybridized carbons (Fsp3) is 0.588. The van der Waals surface area contributed by atoms with Gasteiger partial charge in [0.15, 0.2) is 0 Å². The minimum Gasteiger partial charge on any atom is -0.352 e. The van der Waals surface area contributed by atoms with Gasteiger partial charge in [0, 0.05) is 11.8 Å². The third kappa shape index (κ3) is 5.75. The highest BCUT2D eigenvalue weighted by molar-refractivity contribution is 7.99. The first kappa shape index (κ1) is 18.2. The molecule has 2 atom stereocenters. The number of halogens is 3. The van der Waals surface area contributed by atoms with Gasteiger partial charge in [0.1, 0.15) is 0 Å². The Morgan fingerprint density at radius 1 is 1.30 bits per heavy atom. The van der Waals surface area contributed by atoms with Crippen LogP contribution in [-0.4, -0.2) is 17.7 Å². The molecule has 0 spiro atoms. The molecule has 1 aromatic rings. The molecule has 0 bridgehead atoms. The topological polar surface area (TPSA) is 29.1 Å². The molecule has 1 aromatic carbocycles. The smallest absolute Gasteiger partial charge is 0.352 e. The van der Waals surface area contributed by atoms with Crippen LogP contribution in [0.5, 0.6) is 0 Å². The van der Waals surface area contributed by atoms with Crippen LogP contribution < -0.4 is 5.32 Å². The summed E-state index contributed by atoms with van der Waals surface area (Å²) in [6.45, 7) is 2.15. The molecule has 2 nitrogen and oxygen atoms in total. The maximum atomic E-state index is 12.6. The summed E-state index contributed by atoms with van der Waals surface area (Å²) in [5.74, 6) is 1.15. The standard InChI is InChI=1S/C17H22F3NOS/c1-12-5-2-3-8-15(12)21-16(22)11-23-10-13-6-4-7-14(9-13)17(18,19)20/h4,6-7,9,12,15H,2-3,5,8,10-11H2,1H3,(H,21,22). The molecule has 0 aliphatic heterocycles. The van der Waals surface area contributed by atoms with Crippen LogP contribution in [0.4, 0.5) is 13.2 Å². The van der Waals surface area contributed by atoms with Gasteiger partial charge >= 0.3 is 6.18 Å². The second kappa shape index (κ2) is 8.08. The number of nitrogens with one attached hydrogen (secondary N) is 1. The van der Waals surface area contributed by atoms with Crippen LogP contribution in [0, 0.1) is 5.92 Å². The SMILES string of the molecule is CC1CCCCC1NC(=O)CSCc1cccc(C(F)(F)F)c1. The van der Waals surface area contributed by atoms with Gasteiger partial charge in [-0.3, -0.25) is 4.79 Å². The van der Waals surface area contributed by atoms with E-state index in [9.17, 15) is 18.0 Å². The molecule has 23 heavy (non-hydrogen) atoms. The van der Waals surface area contributed by atoms with E-state index < -0.39 is 11.7 Å². The van der Waals surface area contributed by atoms with E-state index in [-0.39, 0.29) is 17.7 Å². The average Bonchev–Trinajstić information content (AvgIpc) is 2.49. The van der Waals surface area contributed by atoms with Crippen molar-refractivity contribution in [1.82, 2.24) is 5.32 Å². The molecule has 1 N–H and O–H groups in total. The Balaban J connectivity index is 1.77. The lowest BCUT2D eigenvalue weighted by Gasteiger charge is -2.29. The minimum absolute atomic E-state index is 0.0271. The van der Waals surface area contributed by atoms with Crippen LogP contribution in [-0.2, 0) is 16.7 Å². The first-order chi connectivity index (χ1) is 10.9. The molecule has 6 heteroatoms. The maximum Gasteiger partial charge on any atom is 0.416 e. The predicted molar refractivity (Wildman–Crippen MR) is 87.2 cm³/mol. The van der Waals surface area contributed by atoms with Crippen LogP contribution in [0.3, 0.4) is 0 Å². The van der Waals surface area contributed by atoms with Crippen molar-refractivity contribution in [2.75, 3.05) is 5.75 Å². The average molecular weight is 345 g/mol. The van der Waals surface area contributed by atoms with Crippen LogP contribution >= 0.6 is 11.8 Å².